The van der Waals surface area contributed by atoms with Crippen molar-refractivity contribution < 1.29 is 9.59 Å². The number of nitrogens with one attached hydrogen (secondary N) is 1. The molecule has 0 atom stereocenters. The maximum Gasteiger partial charge on any atom is 0.257 e. The fourth-order valence-electron chi connectivity index (χ4n) is 2.76. The molecule has 1 heterocycles. The van der Waals surface area contributed by atoms with Crippen LogP contribution in [0.2, 0.25) is 0 Å². The second kappa shape index (κ2) is 7.83. The van der Waals surface area contributed by atoms with Gasteiger partial charge in [0.1, 0.15) is 0 Å². The highest BCUT2D eigenvalue weighted by Gasteiger charge is 2.13. The van der Waals surface area contributed by atoms with Gasteiger partial charge in [-0.05, 0) is 37.3 Å². The molecule has 2 amide bonds. The predicted molar refractivity (Wildman–Crippen MR) is 107 cm³/mol. The lowest BCUT2D eigenvalue weighted by Crippen LogP contribution is -2.22. The quantitative estimate of drug-likeness (QED) is 0.765. The van der Waals surface area contributed by atoms with Crippen molar-refractivity contribution in [2.75, 3.05) is 19.4 Å². The van der Waals surface area contributed by atoms with Gasteiger partial charge in [0.2, 0.25) is 0 Å². The molecule has 0 bridgehead atoms. The smallest absolute Gasteiger partial charge is 0.257 e. The summed E-state index contributed by atoms with van der Waals surface area (Å²) in [5.41, 5.74) is 4.06. The Bertz CT molecular complexity index is 982. The molecule has 0 saturated carbocycles. The van der Waals surface area contributed by atoms with Gasteiger partial charge in [0.25, 0.3) is 11.8 Å². The van der Waals surface area contributed by atoms with Gasteiger partial charge in [-0.15, -0.1) is 0 Å². The maximum absolute atomic E-state index is 12.7. The van der Waals surface area contributed by atoms with Gasteiger partial charge in [-0.2, -0.15) is 0 Å². The minimum absolute atomic E-state index is 0.115. The van der Waals surface area contributed by atoms with Crippen LogP contribution in [-0.2, 0) is 0 Å². The van der Waals surface area contributed by atoms with E-state index in [2.05, 4.69) is 10.3 Å². The van der Waals surface area contributed by atoms with E-state index in [1.807, 2.05) is 43.3 Å². The van der Waals surface area contributed by atoms with Crippen molar-refractivity contribution in [1.29, 1.82) is 0 Å². The Balaban J connectivity index is 1.81. The number of anilines is 1. The summed E-state index contributed by atoms with van der Waals surface area (Å²) in [5, 5.41) is 2.84. The van der Waals surface area contributed by atoms with E-state index in [4.69, 9.17) is 0 Å². The molecule has 0 radical (unpaired) electrons. The SMILES string of the molecule is Cc1nc(-c2ccccc2)ccc1C(=O)Nc1cccc(C(=O)N(C)C)c1. The molecule has 0 aliphatic heterocycles. The van der Waals surface area contributed by atoms with Crippen LogP contribution in [0, 0.1) is 6.92 Å². The summed E-state index contributed by atoms with van der Waals surface area (Å²) in [7, 11) is 3.38. The van der Waals surface area contributed by atoms with E-state index in [-0.39, 0.29) is 11.8 Å². The van der Waals surface area contributed by atoms with E-state index in [1.54, 1.807) is 44.4 Å². The average Bonchev–Trinajstić information content (AvgIpc) is 2.68. The van der Waals surface area contributed by atoms with Gasteiger partial charge in [-0.1, -0.05) is 36.4 Å². The molecule has 3 rings (SSSR count). The van der Waals surface area contributed by atoms with Crippen LogP contribution in [0.25, 0.3) is 11.3 Å². The van der Waals surface area contributed by atoms with E-state index in [1.165, 1.54) is 4.90 Å². The molecule has 0 aliphatic rings. The van der Waals surface area contributed by atoms with Gasteiger partial charge >= 0.3 is 0 Å². The number of nitrogens with zero attached hydrogens (tertiary/aromatic N) is 2. The van der Waals surface area contributed by atoms with Crippen molar-refractivity contribution in [1.82, 2.24) is 9.88 Å². The molecule has 27 heavy (non-hydrogen) atoms. The van der Waals surface area contributed by atoms with Crippen molar-refractivity contribution in [2.24, 2.45) is 0 Å². The van der Waals surface area contributed by atoms with E-state index in [0.29, 0.717) is 22.5 Å². The Labute approximate surface area is 158 Å². The highest BCUT2D eigenvalue weighted by atomic mass is 16.2. The van der Waals surface area contributed by atoms with Gasteiger partial charge in [-0.25, -0.2) is 0 Å². The lowest BCUT2D eigenvalue weighted by atomic mass is 10.1. The van der Waals surface area contributed by atoms with Crippen molar-refractivity contribution in [3.63, 3.8) is 0 Å². The molecule has 5 nitrogen and oxygen atoms in total. The monoisotopic (exact) mass is 359 g/mol. The van der Waals surface area contributed by atoms with E-state index in [0.717, 1.165) is 11.3 Å². The van der Waals surface area contributed by atoms with Crippen LogP contribution in [-0.4, -0.2) is 35.8 Å². The van der Waals surface area contributed by atoms with Crippen LogP contribution < -0.4 is 5.32 Å². The number of aryl methyl sites for hydroxylation is 1. The Morgan fingerprint density at radius 2 is 1.67 bits per heavy atom. The topological polar surface area (TPSA) is 62.3 Å². The first-order chi connectivity index (χ1) is 13.0. The van der Waals surface area contributed by atoms with Crippen LogP contribution >= 0.6 is 0 Å². The zero-order valence-electron chi connectivity index (χ0n) is 15.6. The number of benzene rings is 2. The summed E-state index contributed by atoms with van der Waals surface area (Å²) >= 11 is 0. The Morgan fingerprint density at radius 3 is 2.33 bits per heavy atom. The standard InChI is InChI=1S/C22H21N3O2/c1-15-19(12-13-20(23-15)16-8-5-4-6-9-16)21(26)24-18-11-7-10-17(14-18)22(27)25(2)3/h4-14H,1-3H3,(H,24,26). The number of hydrogen-bond acceptors (Lipinski definition) is 3. The lowest BCUT2D eigenvalue weighted by Gasteiger charge is -2.12. The normalized spacial score (nSPS) is 10.3. The van der Waals surface area contributed by atoms with Crippen LogP contribution in [0.5, 0.6) is 0 Å². The molecule has 5 heteroatoms. The summed E-state index contributed by atoms with van der Waals surface area (Å²) in [5.74, 6) is -0.370. The van der Waals surface area contributed by atoms with E-state index in [9.17, 15) is 9.59 Å². The minimum atomic E-state index is -0.255. The summed E-state index contributed by atoms with van der Waals surface area (Å²) < 4.78 is 0. The Kier molecular flexibility index (Phi) is 5.31. The van der Waals surface area contributed by atoms with Crippen LogP contribution in [0.1, 0.15) is 26.4 Å². The van der Waals surface area contributed by atoms with Gasteiger partial charge < -0.3 is 10.2 Å². The number of aromatic nitrogens is 1. The zero-order valence-corrected chi connectivity index (χ0v) is 15.6. The second-order valence-electron chi connectivity index (χ2n) is 6.43. The van der Waals surface area contributed by atoms with Crippen molar-refractivity contribution >= 4 is 17.5 Å². The number of carbonyl (C=O) groups is 2. The second-order valence-corrected chi connectivity index (χ2v) is 6.43. The highest BCUT2D eigenvalue weighted by Crippen LogP contribution is 2.20. The molecule has 3 aromatic rings. The first kappa shape index (κ1) is 18.3. The molecule has 136 valence electrons. The fraction of sp³-hybridized carbons (Fsp3) is 0.136. The van der Waals surface area contributed by atoms with Crippen LogP contribution in [0.3, 0.4) is 0 Å². The van der Waals surface area contributed by atoms with Gasteiger partial charge in [-0.3, -0.25) is 14.6 Å². The van der Waals surface area contributed by atoms with Crippen molar-refractivity contribution in [3.05, 3.63) is 83.6 Å². The highest BCUT2D eigenvalue weighted by molar-refractivity contribution is 6.06. The fourth-order valence-corrected chi connectivity index (χ4v) is 2.76. The minimum Gasteiger partial charge on any atom is -0.345 e. The van der Waals surface area contributed by atoms with Crippen molar-refractivity contribution in [3.8, 4) is 11.3 Å². The first-order valence-corrected chi connectivity index (χ1v) is 8.62. The maximum atomic E-state index is 12.7. The third-order valence-corrected chi connectivity index (χ3v) is 4.17. The molecule has 0 spiro atoms. The summed E-state index contributed by atoms with van der Waals surface area (Å²) in [6, 6.07) is 20.3. The third kappa shape index (κ3) is 4.20. The zero-order chi connectivity index (χ0) is 19.4. The molecule has 0 saturated heterocycles. The summed E-state index contributed by atoms with van der Waals surface area (Å²) in [6.07, 6.45) is 0. The molecule has 1 N–H and O–H groups in total. The predicted octanol–water partition coefficient (Wildman–Crippen LogP) is 4.01. The molecule has 0 fully saturated rings. The van der Waals surface area contributed by atoms with Crippen LogP contribution in [0.15, 0.2) is 66.7 Å². The molecular formula is C22H21N3O2. The van der Waals surface area contributed by atoms with Gasteiger partial charge in [0.05, 0.1) is 17.0 Å². The van der Waals surface area contributed by atoms with Crippen LogP contribution in [0.4, 0.5) is 5.69 Å². The molecule has 0 unspecified atom stereocenters. The molecule has 1 aromatic heterocycles. The van der Waals surface area contributed by atoms with Crippen molar-refractivity contribution in [2.45, 2.75) is 6.92 Å². The Hall–Kier alpha value is -3.47. The number of carbonyl (C=O) groups excluding carboxylic acids is 2. The number of rotatable bonds is 4. The first-order valence-electron chi connectivity index (χ1n) is 8.62. The summed E-state index contributed by atoms with van der Waals surface area (Å²) in [6.45, 7) is 1.81. The van der Waals surface area contributed by atoms with Gasteiger partial charge in [0, 0.05) is 30.9 Å². The number of pyridine rings is 1. The summed E-state index contributed by atoms with van der Waals surface area (Å²) in [4.78, 5) is 30.8. The van der Waals surface area contributed by atoms with Gasteiger partial charge in [0.15, 0.2) is 0 Å². The molecular weight excluding hydrogens is 338 g/mol. The average molecular weight is 359 g/mol. The molecule has 0 aliphatic carbocycles. The number of amides is 2. The molecule has 2 aromatic carbocycles. The third-order valence-electron chi connectivity index (χ3n) is 4.17. The van der Waals surface area contributed by atoms with E-state index < -0.39 is 0 Å². The van der Waals surface area contributed by atoms with E-state index >= 15 is 0 Å². The number of hydrogen-bond donors (Lipinski definition) is 1. The largest absolute Gasteiger partial charge is 0.345 e. The Morgan fingerprint density at radius 1 is 0.926 bits per heavy atom. The lowest BCUT2D eigenvalue weighted by molar-refractivity contribution is 0.0827.